The Morgan fingerprint density at radius 1 is 1.11 bits per heavy atom. The third kappa shape index (κ3) is 4.55. The Labute approximate surface area is 234 Å². The molecule has 2 atom stereocenters. The Kier molecular flexibility index (Phi) is 6.37. The predicted molar refractivity (Wildman–Crippen MR) is 146 cm³/mol. The summed E-state index contributed by atoms with van der Waals surface area (Å²) in [5.74, 6) is 0.888. The van der Waals surface area contributed by atoms with E-state index in [9.17, 15) is 9.90 Å². The molecule has 1 N–H and O–H groups in total. The maximum absolute atomic E-state index is 11.4. The van der Waals surface area contributed by atoms with Gasteiger partial charge in [-0.15, -0.1) is 0 Å². The first-order valence-electron chi connectivity index (χ1n) is 12.3. The van der Waals surface area contributed by atoms with E-state index in [1.807, 2.05) is 24.3 Å². The van der Waals surface area contributed by atoms with Crippen molar-refractivity contribution in [2.75, 3.05) is 0 Å². The van der Waals surface area contributed by atoms with Gasteiger partial charge < -0.3 is 14.4 Å². The van der Waals surface area contributed by atoms with Crippen LogP contribution in [0.2, 0.25) is 15.1 Å². The molecule has 0 spiro atoms. The highest BCUT2D eigenvalue weighted by Gasteiger charge is 2.52. The molecule has 6 nitrogen and oxygen atoms in total. The van der Waals surface area contributed by atoms with Crippen molar-refractivity contribution in [1.82, 2.24) is 10.1 Å². The van der Waals surface area contributed by atoms with Crippen molar-refractivity contribution in [2.45, 2.75) is 50.0 Å². The number of aromatic carboxylic acids is 1. The lowest BCUT2D eigenvalue weighted by atomic mass is 9.93. The molecule has 2 unspecified atom stereocenters. The van der Waals surface area contributed by atoms with Crippen molar-refractivity contribution in [1.29, 1.82) is 0 Å². The Morgan fingerprint density at radius 2 is 1.87 bits per heavy atom. The second-order valence-corrected chi connectivity index (χ2v) is 11.3. The average Bonchev–Trinajstić information content (AvgIpc) is 3.81. The number of ether oxygens (including phenoxy) is 1. The Morgan fingerprint density at radius 3 is 2.55 bits per heavy atom. The fourth-order valence-corrected chi connectivity index (χ4v) is 6.00. The summed E-state index contributed by atoms with van der Waals surface area (Å²) in [7, 11) is 0. The molecule has 0 bridgehead atoms. The molecule has 2 aliphatic rings. The van der Waals surface area contributed by atoms with Crippen molar-refractivity contribution in [2.24, 2.45) is 0 Å². The summed E-state index contributed by atoms with van der Waals surface area (Å²) in [5, 5.41) is 15.2. The van der Waals surface area contributed by atoms with Gasteiger partial charge in [-0.05, 0) is 72.7 Å². The lowest BCUT2D eigenvalue weighted by Crippen LogP contribution is -2.08. The first-order valence-corrected chi connectivity index (χ1v) is 13.4. The monoisotopic (exact) mass is 568 g/mol. The van der Waals surface area contributed by atoms with Crippen LogP contribution in [-0.4, -0.2) is 21.2 Å². The van der Waals surface area contributed by atoms with Crippen LogP contribution in [0.3, 0.4) is 0 Å². The fourth-order valence-electron chi connectivity index (χ4n) is 5.12. The summed E-state index contributed by atoms with van der Waals surface area (Å²) in [6.45, 7) is 2.35. The van der Waals surface area contributed by atoms with Crippen LogP contribution in [0.4, 0.5) is 0 Å². The molecule has 2 aliphatic carbocycles. The van der Waals surface area contributed by atoms with Crippen LogP contribution < -0.4 is 4.74 Å². The molecule has 194 valence electrons. The van der Waals surface area contributed by atoms with E-state index in [2.05, 4.69) is 17.1 Å². The van der Waals surface area contributed by atoms with Gasteiger partial charge in [-0.3, -0.25) is 0 Å². The Bertz CT molecular complexity index is 1550. The normalized spacial score (nSPS) is 20.4. The molecule has 2 heterocycles. The van der Waals surface area contributed by atoms with E-state index in [4.69, 9.17) is 44.1 Å². The lowest BCUT2D eigenvalue weighted by Gasteiger charge is -2.14. The van der Waals surface area contributed by atoms with Crippen molar-refractivity contribution in [3.63, 3.8) is 0 Å². The first-order chi connectivity index (χ1) is 18.3. The minimum Gasteiger partial charge on any atom is -0.489 e. The van der Waals surface area contributed by atoms with Crippen LogP contribution in [0.5, 0.6) is 5.75 Å². The van der Waals surface area contributed by atoms with Crippen molar-refractivity contribution in [3.8, 4) is 17.0 Å². The van der Waals surface area contributed by atoms with E-state index >= 15 is 0 Å². The third-order valence-corrected chi connectivity index (χ3v) is 8.53. The highest BCUT2D eigenvalue weighted by molar-refractivity contribution is 6.39. The van der Waals surface area contributed by atoms with Gasteiger partial charge in [-0.25, -0.2) is 9.78 Å². The number of rotatable bonds is 8. The van der Waals surface area contributed by atoms with E-state index < -0.39 is 5.97 Å². The quantitative estimate of drug-likeness (QED) is 0.230. The zero-order valence-electron chi connectivity index (χ0n) is 20.4. The minimum atomic E-state index is -1.04. The molecule has 4 aromatic rings. The zero-order valence-corrected chi connectivity index (χ0v) is 22.6. The highest BCUT2D eigenvalue weighted by atomic mass is 35.5. The number of halogens is 3. The summed E-state index contributed by atoms with van der Waals surface area (Å²) in [5.41, 5.74) is 3.85. The van der Waals surface area contributed by atoms with Gasteiger partial charge in [0.2, 0.25) is 0 Å². The molecule has 2 saturated carbocycles. The zero-order chi connectivity index (χ0) is 26.6. The number of hydrogen-bond donors (Lipinski definition) is 1. The van der Waals surface area contributed by atoms with Gasteiger partial charge in [0.25, 0.3) is 0 Å². The van der Waals surface area contributed by atoms with E-state index in [0.29, 0.717) is 38.0 Å². The molecule has 0 aliphatic heterocycles. The number of hydrogen-bond acceptors (Lipinski definition) is 5. The number of carboxylic acids is 1. The molecular formula is C29H23Cl3N2O4. The largest absolute Gasteiger partial charge is 0.489 e. The van der Waals surface area contributed by atoms with Crippen LogP contribution in [0, 0.1) is 0 Å². The number of nitrogens with zero attached hydrogens (tertiary/aromatic N) is 2. The van der Waals surface area contributed by atoms with Gasteiger partial charge in [-0.1, -0.05) is 59.0 Å². The summed E-state index contributed by atoms with van der Waals surface area (Å²) in [6.07, 6.45) is 4.50. The van der Waals surface area contributed by atoms with Crippen LogP contribution in [0.1, 0.15) is 71.0 Å². The van der Waals surface area contributed by atoms with E-state index in [0.717, 1.165) is 41.7 Å². The first kappa shape index (κ1) is 25.2. The predicted octanol–water partition coefficient (Wildman–Crippen LogP) is 8.30. The van der Waals surface area contributed by atoms with Gasteiger partial charge >= 0.3 is 5.97 Å². The van der Waals surface area contributed by atoms with Crippen LogP contribution in [0.15, 0.2) is 59.3 Å². The van der Waals surface area contributed by atoms with Gasteiger partial charge in [0.05, 0.1) is 15.6 Å². The van der Waals surface area contributed by atoms with Crippen molar-refractivity contribution >= 4 is 40.8 Å². The molecular weight excluding hydrogens is 547 g/mol. The van der Waals surface area contributed by atoms with Crippen LogP contribution >= 0.6 is 34.8 Å². The molecule has 2 aromatic carbocycles. The SMILES string of the molecule is CC1(c2ccnc(C(=O)O)c2)CC1c1ccc(OCc2c(-c3c(Cl)cccc3Cl)noc2C2CC2)cc1Cl. The summed E-state index contributed by atoms with van der Waals surface area (Å²) in [6, 6.07) is 14.6. The Hall–Kier alpha value is -3.06. The second kappa shape index (κ2) is 9.60. The summed E-state index contributed by atoms with van der Waals surface area (Å²) in [4.78, 5) is 15.3. The Balaban J connectivity index is 1.23. The van der Waals surface area contributed by atoms with Crippen LogP contribution in [-0.2, 0) is 12.0 Å². The van der Waals surface area contributed by atoms with Gasteiger partial charge in [0.1, 0.15) is 29.5 Å². The molecule has 6 rings (SSSR count). The van der Waals surface area contributed by atoms with Crippen molar-refractivity contribution in [3.05, 3.63) is 97.9 Å². The number of carboxylic acid groups (broad SMARTS) is 1. The molecule has 9 heteroatoms. The molecule has 2 fully saturated rings. The number of carbonyl (C=O) groups is 1. The number of pyridine rings is 1. The second-order valence-electron chi connectivity index (χ2n) is 10.1. The highest BCUT2D eigenvalue weighted by Crippen LogP contribution is 2.61. The standard InChI is InChI=1S/C29H23Cl3N2O4/c1-29(16-9-10-33-24(11-16)28(35)36)13-20(29)18-8-7-17(12-23(18)32)37-14-19-26(34-38-27(19)15-5-6-15)25-21(30)3-2-4-22(25)31/h2-4,7-12,15,20H,5-6,13-14H2,1H3,(H,35,36). The van der Waals surface area contributed by atoms with Gasteiger partial charge in [-0.2, -0.15) is 0 Å². The van der Waals surface area contributed by atoms with E-state index in [1.165, 1.54) is 0 Å². The number of benzene rings is 2. The molecule has 0 radical (unpaired) electrons. The van der Waals surface area contributed by atoms with Crippen LogP contribution in [0.25, 0.3) is 11.3 Å². The van der Waals surface area contributed by atoms with Crippen molar-refractivity contribution < 1.29 is 19.2 Å². The van der Waals surface area contributed by atoms with E-state index in [-0.39, 0.29) is 23.6 Å². The van der Waals surface area contributed by atoms with Gasteiger partial charge in [0.15, 0.2) is 0 Å². The lowest BCUT2D eigenvalue weighted by molar-refractivity contribution is 0.0690. The molecule has 2 aromatic heterocycles. The average molecular weight is 570 g/mol. The minimum absolute atomic E-state index is 0.0426. The summed E-state index contributed by atoms with van der Waals surface area (Å²) < 4.78 is 11.9. The molecule has 0 saturated heterocycles. The van der Waals surface area contributed by atoms with E-state index in [1.54, 1.807) is 30.5 Å². The topological polar surface area (TPSA) is 85.5 Å². The third-order valence-electron chi connectivity index (χ3n) is 7.57. The maximum atomic E-state index is 11.4. The summed E-state index contributed by atoms with van der Waals surface area (Å²) >= 11 is 19.7. The number of aromatic nitrogens is 2. The fraction of sp³-hybridized carbons (Fsp3) is 0.276. The molecule has 0 amide bonds. The molecule has 38 heavy (non-hydrogen) atoms. The van der Waals surface area contributed by atoms with Gasteiger partial charge in [0, 0.05) is 28.1 Å². The smallest absolute Gasteiger partial charge is 0.354 e. The maximum Gasteiger partial charge on any atom is 0.354 e.